The Morgan fingerprint density at radius 2 is 1.60 bits per heavy atom. The minimum absolute atomic E-state index is 0.0664. The van der Waals surface area contributed by atoms with Crippen molar-refractivity contribution in [1.29, 1.82) is 0 Å². The van der Waals surface area contributed by atoms with Crippen LogP contribution in [0.5, 0.6) is 5.75 Å². The Balaban J connectivity index is 3.32. The van der Waals surface area contributed by atoms with Crippen LogP contribution in [0.1, 0.15) is 59.6 Å². The summed E-state index contributed by atoms with van der Waals surface area (Å²) >= 11 is 0. The number of rotatable bonds is 2. The molecule has 0 aliphatic rings. The topological polar surface area (TPSA) is 26.3 Å². The van der Waals surface area contributed by atoms with Gasteiger partial charge in [-0.2, -0.15) is 0 Å². The van der Waals surface area contributed by atoms with Gasteiger partial charge < -0.3 is 4.74 Å². The van der Waals surface area contributed by atoms with Crippen LogP contribution in [0.4, 0.5) is 0 Å². The van der Waals surface area contributed by atoms with E-state index in [1.54, 1.807) is 6.92 Å². The van der Waals surface area contributed by atoms with Gasteiger partial charge in [-0.25, -0.2) is 4.79 Å². The number of esters is 1. The van der Waals surface area contributed by atoms with E-state index in [1.807, 2.05) is 12.1 Å². The Bertz CT molecular complexity index is 525. The van der Waals surface area contributed by atoms with Crippen molar-refractivity contribution in [2.75, 3.05) is 0 Å². The smallest absolute Gasteiger partial charge is 0.338 e. The van der Waals surface area contributed by atoms with Crippen LogP contribution in [0.15, 0.2) is 30.4 Å². The molecule has 1 rings (SSSR count). The third-order valence-electron chi connectivity index (χ3n) is 3.20. The molecule has 0 saturated heterocycles. The van der Waals surface area contributed by atoms with Gasteiger partial charge in [-0.3, -0.25) is 0 Å². The standard InChI is InChI=1S/C18H26O2/c1-12(2)16(19)20-15-10-9-13(17(3,4)5)11-14(15)18(6,7)8/h9-11H,1H2,2-8H3. The van der Waals surface area contributed by atoms with Gasteiger partial charge >= 0.3 is 5.97 Å². The molecule has 0 bridgehead atoms. The third kappa shape index (κ3) is 3.96. The highest BCUT2D eigenvalue weighted by Crippen LogP contribution is 2.35. The van der Waals surface area contributed by atoms with Gasteiger partial charge in [-0.1, -0.05) is 60.3 Å². The molecule has 110 valence electrons. The Labute approximate surface area is 122 Å². The summed E-state index contributed by atoms with van der Waals surface area (Å²) in [4.78, 5) is 11.8. The molecule has 0 fully saturated rings. The maximum Gasteiger partial charge on any atom is 0.338 e. The van der Waals surface area contributed by atoms with Gasteiger partial charge in [0.15, 0.2) is 0 Å². The summed E-state index contributed by atoms with van der Waals surface area (Å²) < 4.78 is 5.46. The van der Waals surface area contributed by atoms with E-state index >= 15 is 0 Å². The quantitative estimate of drug-likeness (QED) is 0.441. The highest BCUT2D eigenvalue weighted by atomic mass is 16.5. The molecule has 1 aromatic rings. The molecule has 0 aliphatic carbocycles. The van der Waals surface area contributed by atoms with Gasteiger partial charge in [0.2, 0.25) is 0 Å². The lowest BCUT2D eigenvalue weighted by atomic mass is 9.80. The average Bonchev–Trinajstić information content (AvgIpc) is 2.26. The first-order chi connectivity index (χ1) is 8.93. The SMILES string of the molecule is C=C(C)C(=O)Oc1ccc(C(C)(C)C)cc1C(C)(C)C. The summed E-state index contributed by atoms with van der Waals surface area (Å²) in [7, 11) is 0. The zero-order valence-corrected chi connectivity index (χ0v) is 13.8. The molecule has 0 amide bonds. The number of carbonyl (C=O) groups is 1. The monoisotopic (exact) mass is 274 g/mol. The van der Waals surface area contributed by atoms with Crippen molar-refractivity contribution in [1.82, 2.24) is 0 Å². The molecule has 0 heterocycles. The summed E-state index contributed by atoms with van der Waals surface area (Å²) in [6, 6.07) is 6.05. The molecule has 0 atom stereocenters. The van der Waals surface area contributed by atoms with E-state index < -0.39 is 0 Å². The fourth-order valence-corrected chi connectivity index (χ4v) is 1.86. The Hall–Kier alpha value is -1.57. The summed E-state index contributed by atoms with van der Waals surface area (Å²) in [6.45, 7) is 18.2. The van der Waals surface area contributed by atoms with Crippen molar-refractivity contribution in [3.63, 3.8) is 0 Å². The summed E-state index contributed by atoms with van der Waals surface area (Å²) in [5.41, 5.74) is 2.66. The van der Waals surface area contributed by atoms with Crippen LogP contribution in [0.3, 0.4) is 0 Å². The van der Waals surface area contributed by atoms with E-state index in [-0.39, 0.29) is 16.8 Å². The number of hydrogen-bond donors (Lipinski definition) is 0. The molecule has 0 unspecified atom stereocenters. The minimum Gasteiger partial charge on any atom is -0.423 e. The second kappa shape index (κ2) is 5.43. The Kier molecular flexibility index (Phi) is 4.48. The molecule has 1 aromatic carbocycles. The molecule has 0 spiro atoms. The minimum atomic E-state index is -0.376. The van der Waals surface area contributed by atoms with Gasteiger partial charge in [-0.05, 0) is 29.4 Å². The molecule has 0 aliphatic heterocycles. The summed E-state index contributed by atoms with van der Waals surface area (Å²) in [5, 5.41) is 0. The van der Waals surface area contributed by atoms with Gasteiger partial charge in [0.05, 0.1) is 0 Å². The molecule has 0 saturated carbocycles. The fourth-order valence-electron chi connectivity index (χ4n) is 1.86. The van der Waals surface area contributed by atoms with Crippen molar-refractivity contribution in [2.24, 2.45) is 0 Å². The number of hydrogen-bond acceptors (Lipinski definition) is 2. The second-order valence-electron chi connectivity index (χ2n) is 7.38. The van der Waals surface area contributed by atoms with Crippen LogP contribution in [-0.2, 0) is 15.6 Å². The number of ether oxygens (including phenoxy) is 1. The number of carbonyl (C=O) groups excluding carboxylic acids is 1. The van der Waals surface area contributed by atoms with Crippen molar-refractivity contribution in [3.05, 3.63) is 41.5 Å². The first-order valence-electron chi connectivity index (χ1n) is 6.95. The molecular formula is C18H26O2. The van der Waals surface area contributed by atoms with Crippen molar-refractivity contribution < 1.29 is 9.53 Å². The largest absolute Gasteiger partial charge is 0.423 e. The van der Waals surface area contributed by atoms with Crippen LogP contribution >= 0.6 is 0 Å². The van der Waals surface area contributed by atoms with E-state index in [4.69, 9.17) is 4.74 Å². The van der Waals surface area contributed by atoms with Crippen molar-refractivity contribution in [2.45, 2.75) is 59.3 Å². The average molecular weight is 274 g/mol. The fraction of sp³-hybridized carbons (Fsp3) is 0.500. The third-order valence-corrected chi connectivity index (χ3v) is 3.20. The molecule has 2 nitrogen and oxygen atoms in total. The zero-order chi connectivity index (χ0) is 15.7. The highest BCUT2D eigenvalue weighted by molar-refractivity contribution is 5.89. The number of benzene rings is 1. The van der Waals surface area contributed by atoms with Gasteiger partial charge in [0.1, 0.15) is 5.75 Å². The lowest BCUT2D eigenvalue weighted by Crippen LogP contribution is -2.19. The molecule has 0 radical (unpaired) electrons. The lowest BCUT2D eigenvalue weighted by Gasteiger charge is -2.26. The van der Waals surface area contributed by atoms with Crippen LogP contribution in [-0.4, -0.2) is 5.97 Å². The van der Waals surface area contributed by atoms with Crippen molar-refractivity contribution in [3.8, 4) is 5.75 Å². The van der Waals surface area contributed by atoms with Crippen LogP contribution < -0.4 is 4.74 Å². The van der Waals surface area contributed by atoms with Gasteiger partial charge in [0, 0.05) is 11.1 Å². The predicted octanol–water partition coefficient (Wildman–Crippen LogP) is 4.76. The van der Waals surface area contributed by atoms with E-state index in [9.17, 15) is 4.79 Å². The first kappa shape index (κ1) is 16.5. The second-order valence-corrected chi connectivity index (χ2v) is 7.38. The molecular weight excluding hydrogens is 248 g/mol. The lowest BCUT2D eigenvalue weighted by molar-refractivity contribution is -0.130. The van der Waals surface area contributed by atoms with E-state index in [0.717, 1.165) is 5.56 Å². The van der Waals surface area contributed by atoms with E-state index in [1.165, 1.54) is 5.56 Å². The molecule has 0 N–H and O–H groups in total. The van der Waals surface area contributed by atoms with Crippen LogP contribution in [0.25, 0.3) is 0 Å². The molecule has 2 heteroatoms. The zero-order valence-electron chi connectivity index (χ0n) is 13.8. The summed E-state index contributed by atoms with van der Waals surface area (Å²) in [5.74, 6) is 0.248. The Morgan fingerprint density at radius 3 is 2.00 bits per heavy atom. The van der Waals surface area contributed by atoms with Gasteiger partial charge in [0.25, 0.3) is 0 Å². The van der Waals surface area contributed by atoms with Crippen molar-refractivity contribution >= 4 is 5.97 Å². The highest BCUT2D eigenvalue weighted by Gasteiger charge is 2.24. The molecule has 20 heavy (non-hydrogen) atoms. The van der Waals surface area contributed by atoms with Crippen LogP contribution in [0.2, 0.25) is 0 Å². The normalized spacial score (nSPS) is 12.2. The van der Waals surface area contributed by atoms with Crippen LogP contribution in [0, 0.1) is 0 Å². The Morgan fingerprint density at radius 1 is 1.05 bits per heavy atom. The molecule has 0 aromatic heterocycles. The summed E-state index contributed by atoms with van der Waals surface area (Å²) in [6.07, 6.45) is 0. The van der Waals surface area contributed by atoms with E-state index in [2.05, 4.69) is 54.2 Å². The maximum atomic E-state index is 11.8. The van der Waals surface area contributed by atoms with E-state index in [0.29, 0.717) is 11.3 Å². The maximum absolute atomic E-state index is 11.8. The van der Waals surface area contributed by atoms with Gasteiger partial charge in [-0.15, -0.1) is 0 Å². The first-order valence-corrected chi connectivity index (χ1v) is 6.95. The predicted molar refractivity (Wildman–Crippen MR) is 84.3 cm³/mol.